The van der Waals surface area contributed by atoms with Crippen molar-refractivity contribution in [3.8, 4) is 0 Å². The van der Waals surface area contributed by atoms with Crippen LogP contribution in [0.4, 0.5) is 17.1 Å². The van der Waals surface area contributed by atoms with E-state index in [1.807, 2.05) is 70.2 Å². The number of nitro benzene ring substituents is 1. The number of carbonyl (C=O) groups is 1. The molecule has 3 rings (SSSR count). The Morgan fingerprint density at radius 2 is 1.81 bits per heavy atom. The predicted octanol–water partition coefficient (Wildman–Crippen LogP) is 4.14. The van der Waals surface area contributed by atoms with Crippen LogP contribution in [0.2, 0.25) is 0 Å². The van der Waals surface area contributed by atoms with Crippen molar-refractivity contribution < 1.29 is 14.5 Å². The quantitative estimate of drug-likeness (QED) is 0.405. The van der Waals surface area contributed by atoms with Crippen molar-refractivity contribution in [3.63, 3.8) is 0 Å². The summed E-state index contributed by atoms with van der Waals surface area (Å²) in [4.78, 5) is 22.9. The van der Waals surface area contributed by atoms with E-state index in [1.165, 1.54) is 0 Å². The molecule has 0 saturated carbocycles. The fourth-order valence-electron chi connectivity index (χ4n) is 3.12. The highest BCUT2D eigenvalue weighted by molar-refractivity contribution is 5.69. The van der Waals surface area contributed by atoms with Crippen LogP contribution in [0.1, 0.15) is 39.3 Å². The molecule has 2 N–H and O–H groups in total. The molecule has 0 spiro atoms. The topological polar surface area (TPSA) is 96.7 Å². The van der Waals surface area contributed by atoms with E-state index in [0.717, 1.165) is 37.4 Å². The van der Waals surface area contributed by atoms with Gasteiger partial charge in [-0.15, -0.1) is 0 Å². The summed E-state index contributed by atoms with van der Waals surface area (Å²) in [5.74, 6) is 0. The van der Waals surface area contributed by atoms with Gasteiger partial charge in [-0.05, 0) is 45.4 Å². The van der Waals surface area contributed by atoms with Gasteiger partial charge in [-0.1, -0.05) is 30.3 Å². The van der Waals surface area contributed by atoms with E-state index in [2.05, 4.69) is 20.3 Å². The van der Waals surface area contributed by atoms with E-state index in [1.54, 1.807) is 6.07 Å². The summed E-state index contributed by atoms with van der Waals surface area (Å²) in [6, 6.07) is 15.3. The lowest BCUT2D eigenvalue weighted by molar-refractivity contribution is -0.384. The minimum atomic E-state index is -0.332. The van der Waals surface area contributed by atoms with Crippen LogP contribution < -0.4 is 15.5 Å². The Labute approximate surface area is 183 Å². The number of anilines is 2. The highest BCUT2D eigenvalue weighted by Gasteiger charge is 2.19. The second-order valence-electron chi connectivity index (χ2n) is 8.30. The summed E-state index contributed by atoms with van der Waals surface area (Å²) in [6.07, 6.45) is 0. The van der Waals surface area contributed by atoms with Crippen molar-refractivity contribution in [2.45, 2.75) is 39.3 Å². The van der Waals surface area contributed by atoms with Gasteiger partial charge in [0.1, 0.15) is 11.3 Å². The number of nitrogens with zero attached hydrogens (tertiary/aromatic N) is 2. The number of carbonyl (C=O) groups excluding carboxylic acids is 1. The smallest absolute Gasteiger partial charge is 0.293 e. The van der Waals surface area contributed by atoms with Crippen LogP contribution in [0.25, 0.3) is 0 Å². The SMILES string of the molecule is CC(C)(C)OC=O.CC(Nc1cc(N2CCNCC2)ccc1[N+](=O)[O-])c1ccccc1. The summed E-state index contributed by atoms with van der Waals surface area (Å²) < 4.78 is 4.55. The third-order valence-corrected chi connectivity index (χ3v) is 4.73. The molecule has 1 saturated heterocycles. The van der Waals surface area contributed by atoms with Crippen LogP contribution in [0.15, 0.2) is 48.5 Å². The maximum Gasteiger partial charge on any atom is 0.293 e. The zero-order valence-corrected chi connectivity index (χ0v) is 18.6. The van der Waals surface area contributed by atoms with Crippen molar-refractivity contribution >= 4 is 23.5 Å². The first-order valence-corrected chi connectivity index (χ1v) is 10.4. The summed E-state index contributed by atoms with van der Waals surface area (Å²) in [6.45, 7) is 11.6. The first kappa shape index (κ1) is 24.1. The molecule has 31 heavy (non-hydrogen) atoms. The molecule has 8 heteroatoms. The molecule has 1 heterocycles. The lowest BCUT2D eigenvalue weighted by Crippen LogP contribution is -2.43. The molecule has 2 aromatic carbocycles. The maximum atomic E-state index is 11.4. The largest absolute Gasteiger partial charge is 0.462 e. The summed E-state index contributed by atoms with van der Waals surface area (Å²) in [7, 11) is 0. The van der Waals surface area contributed by atoms with E-state index < -0.39 is 0 Å². The molecular formula is C23H32N4O4. The van der Waals surface area contributed by atoms with Crippen molar-refractivity contribution in [1.82, 2.24) is 5.32 Å². The van der Waals surface area contributed by atoms with Crippen LogP contribution in [0.5, 0.6) is 0 Å². The molecule has 0 bridgehead atoms. The third-order valence-electron chi connectivity index (χ3n) is 4.73. The van der Waals surface area contributed by atoms with Gasteiger partial charge in [-0.3, -0.25) is 14.9 Å². The van der Waals surface area contributed by atoms with Gasteiger partial charge in [-0.2, -0.15) is 0 Å². The van der Waals surface area contributed by atoms with Gasteiger partial charge in [0.2, 0.25) is 0 Å². The molecular weight excluding hydrogens is 396 g/mol. The second-order valence-corrected chi connectivity index (χ2v) is 8.30. The van der Waals surface area contributed by atoms with Crippen molar-refractivity contribution in [3.05, 3.63) is 64.2 Å². The van der Waals surface area contributed by atoms with Gasteiger partial charge in [0.05, 0.1) is 4.92 Å². The number of hydrogen-bond acceptors (Lipinski definition) is 7. The maximum absolute atomic E-state index is 11.4. The molecule has 1 aliphatic heterocycles. The summed E-state index contributed by atoms with van der Waals surface area (Å²) in [5.41, 5.74) is 2.47. The Morgan fingerprint density at radius 1 is 1.16 bits per heavy atom. The average Bonchev–Trinajstić information content (AvgIpc) is 2.74. The van der Waals surface area contributed by atoms with E-state index in [-0.39, 0.29) is 22.3 Å². The molecule has 1 unspecified atom stereocenters. The van der Waals surface area contributed by atoms with Gasteiger partial charge >= 0.3 is 0 Å². The number of benzene rings is 2. The van der Waals surface area contributed by atoms with Crippen LogP contribution in [0, 0.1) is 10.1 Å². The Hall–Kier alpha value is -3.13. The number of nitro groups is 1. The first-order chi connectivity index (χ1) is 14.7. The highest BCUT2D eigenvalue weighted by Crippen LogP contribution is 2.32. The van der Waals surface area contributed by atoms with Gasteiger partial charge in [0, 0.05) is 44.0 Å². The Balaban J connectivity index is 0.000000423. The third kappa shape index (κ3) is 7.90. The fraction of sp³-hybridized carbons (Fsp3) is 0.435. The standard InChI is InChI=1S/C18H22N4O2.C5H10O2/c1-14(15-5-3-2-4-6-15)20-17-13-16(7-8-18(17)22(23)24)21-11-9-19-10-12-21;1-5(2,3)7-4-6/h2-8,13-14,19-20H,9-12H2,1H3;4H,1-3H3. The van der Waals surface area contributed by atoms with Gasteiger partial charge in [-0.25, -0.2) is 0 Å². The van der Waals surface area contributed by atoms with Gasteiger partial charge < -0.3 is 20.3 Å². The number of piperazine rings is 1. The first-order valence-electron chi connectivity index (χ1n) is 10.4. The van der Waals surface area contributed by atoms with Crippen LogP contribution >= 0.6 is 0 Å². The minimum Gasteiger partial charge on any atom is -0.462 e. The van der Waals surface area contributed by atoms with Crippen molar-refractivity contribution in [2.75, 3.05) is 36.4 Å². The lowest BCUT2D eigenvalue weighted by Gasteiger charge is -2.30. The number of hydrogen-bond donors (Lipinski definition) is 2. The Bertz CT molecular complexity index is 846. The van der Waals surface area contributed by atoms with E-state index in [0.29, 0.717) is 12.2 Å². The van der Waals surface area contributed by atoms with Crippen molar-refractivity contribution in [1.29, 1.82) is 0 Å². The Morgan fingerprint density at radius 3 is 2.32 bits per heavy atom. The van der Waals surface area contributed by atoms with E-state index >= 15 is 0 Å². The minimum absolute atomic E-state index is 0.0110. The normalized spacial score (nSPS) is 14.6. The number of nitrogens with one attached hydrogen (secondary N) is 2. The molecule has 0 aromatic heterocycles. The predicted molar refractivity (Wildman–Crippen MR) is 124 cm³/mol. The fourth-order valence-corrected chi connectivity index (χ4v) is 3.12. The van der Waals surface area contributed by atoms with Gasteiger partial charge in [0.15, 0.2) is 0 Å². The molecule has 168 valence electrons. The van der Waals surface area contributed by atoms with Crippen LogP contribution in [-0.2, 0) is 9.53 Å². The zero-order chi connectivity index (χ0) is 22.9. The monoisotopic (exact) mass is 428 g/mol. The number of rotatable bonds is 6. The van der Waals surface area contributed by atoms with Crippen LogP contribution in [0.3, 0.4) is 0 Å². The molecule has 1 fully saturated rings. The molecule has 1 atom stereocenters. The molecule has 8 nitrogen and oxygen atoms in total. The van der Waals surface area contributed by atoms with Crippen LogP contribution in [-0.4, -0.2) is 43.2 Å². The van der Waals surface area contributed by atoms with Crippen molar-refractivity contribution in [2.24, 2.45) is 0 Å². The van der Waals surface area contributed by atoms with E-state index in [4.69, 9.17) is 0 Å². The molecule has 0 aliphatic carbocycles. The highest BCUT2D eigenvalue weighted by atomic mass is 16.6. The van der Waals surface area contributed by atoms with E-state index in [9.17, 15) is 14.9 Å². The lowest BCUT2D eigenvalue weighted by atomic mass is 10.1. The number of ether oxygens (including phenoxy) is 1. The van der Waals surface area contributed by atoms with Gasteiger partial charge in [0.25, 0.3) is 12.2 Å². The molecule has 0 radical (unpaired) electrons. The molecule has 1 aliphatic rings. The summed E-state index contributed by atoms with van der Waals surface area (Å²) >= 11 is 0. The summed E-state index contributed by atoms with van der Waals surface area (Å²) in [5, 5.41) is 18.0. The zero-order valence-electron chi connectivity index (χ0n) is 18.6. The molecule has 0 amide bonds. The molecule has 2 aromatic rings. The second kappa shape index (κ2) is 11.3. The average molecular weight is 429 g/mol. The Kier molecular flexibility index (Phi) is 8.81.